The molecule has 2 aromatic carbocycles. The summed E-state index contributed by atoms with van der Waals surface area (Å²) >= 11 is 7.67. The number of methoxy groups -OCH3 is 2. The van der Waals surface area contributed by atoms with Gasteiger partial charge in [-0.05, 0) is 62.5 Å². The Labute approximate surface area is 203 Å². The standard InChI is InChI=1S/C23H26ClN3O3S.ClH/c1-15-12-17(24)14-20-22(15)25-23(31-20)27(11-10-26(2)3)21(28)9-7-16-6-8-18(29-4)19(13-16)30-5;/h6-9,12-14H,10-11H2,1-5H3;1H. The quantitative estimate of drug-likeness (QED) is 0.396. The number of aromatic nitrogens is 1. The van der Waals surface area contributed by atoms with Gasteiger partial charge in [0.2, 0.25) is 0 Å². The number of aryl methyl sites for hydroxylation is 1. The smallest absolute Gasteiger partial charge is 0.252 e. The minimum absolute atomic E-state index is 0. The van der Waals surface area contributed by atoms with E-state index in [-0.39, 0.29) is 18.3 Å². The molecule has 3 rings (SSSR count). The number of fused-ring (bicyclic) bond motifs is 1. The zero-order chi connectivity index (χ0) is 22.5. The van der Waals surface area contributed by atoms with E-state index in [9.17, 15) is 4.79 Å². The molecule has 0 aliphatic rings. The second kappa shape index (κ2) is 11.5. The number of nitrogens with zero attached hydrogens (tertiary/aromatic N) is 3. The molecule has 0 N–H and O–H groups in total. The number of benzene rings is 2. The predicted octanol–water partition coefficient (Wildman–Crippen LogP) is 5.31. The van der Waals surface area contributed by atoms with E-state index in [4.69, 9.17) is 26.1 Å². The SMILES string of the molecule is COc1ccc(C=CC(=O)N(CCN(C)C)c2nc3c(C)cc(Cl)cc3s2)cc1OC.Cl. The number of carbonyl (C=O) groups excluding carboxylic acids is 1. The summed E-state index contributed by atoms with van der Waals surface area (Å²) in [6.45, 7) is 3.21. The Kier molecular flexibility index (Phi) is 9.33. The Morgan fingerprint density at radius 1 is 1.12 bits per heavy atom. The maximum absolute atomic E-state index is 13.1. The lowest BCUT2D eigenvalue weighted by Crippen LogP contribution is -2.35. The molecule has 9 heteroatoms. The van der Waals surface area contributed by atoms with Gasteiger partial charge >= 0.3 is 0 Å². The normalized spacial score (nSPS) is 11.1. The van der Waals surface area contributed by atoms with Crippen LogP contribution in [0.4, 0.5) is 5.13 Å². The first-order chi connectivity index (χ1) is 14.8. The predicted molar refractivity (Wildman–Crippen MR) is 136 cm³/mol. The van der Waals surface area contributed by atoms with E-state index in [1.165, 1.54) is 11.3 Å². The maximum Gasteiger partial charge on any atom is 0.252 e. The van der Waals surface area contributed by atoms with Crippen LogP contribution in [0.2, 0.25) is 5.02 Å². The second-order valence-corrected chi connectivity index (χ2v) is 8.75. The van der Waals surface area contributed by atoms with E-state index in [0.29, 0.717) is 34.7 Å². The lowest BCUT2D eigenvalue weighted by atomic mass is 10.2. The maximum atomic E-state index is 13.1. The van der Waals surface area contributed by atoms with Crippen molar-refractivity contribution in [3.63, 3.8) is 0 Å². The van der Waals surface area contributed by atoms with Crippen LogP contribution >= 0.6 is 35.3 Å². The molecule has 0 bridgehead atoms. The van der Waals surface area contributed by atoms with E-state index in [1.54, 1.807) is 31.3 Å². The van der Waals surface area contributed by atoms with Gasteiger partial charge in [0.1, 0.15) is 0 Å². The summed E-state index contributed by atoms with van der Waals surface area (Å²) in [5, 5.41) is 1.32. The molecule has 32 heavy (non-hydrogen) atoms. The third-order valence-electron chi connectivity index (χ3n) is 4.73. The van der Waals surface area contributed by atoms with Crippen LogP contribution in [0.3, 0.4) is 0 Å². The highest BCUT2D eigenvalue weighted by Gasteiger charge is 2.19. The van der Waals surface area contributed by atoms with Crippen LogP contribution in [0.5, 0.6) is 11.5 Å². The fourth-order valence-corrected chi connectivity index (χ4v) is 4.52. The van der Waals surface area contributed by atoms with Gasteiger partial charge < -0.3 is 14.4 Å². The number of hydrogen-bond acceptors (Lipinski definition) is 6. The van der Waals surface area contributed by atoms with Gasteiger partial charge in [0, 0.05) is 24.2 Å². The van der Waals surface area contributed by atoms with E-state index in [0.717, 1.165) is 21.3 Å². The zero-order valence-electron chi connectivity index (χ0n) is 18.7. The minimum atomic E-state index is -0.139. The first-order valence-corrected chi connectivity index (χ1v) is 10.9. The number of anilines is 1. The van der Waals surface area contributed by atoms with Crippen molar-refractivity contribution < 1.29 is 14.3 Å². The van der Waals surface area contributed by atoms with Gasteiger partial charge in [0.05, 0.1) is 24.4 Å². The van der Waals surface area contributed by atoms with Gasteiger partial charge in [0.15, 0.2) is 16.6 Å². The van der Waals surface area contributed by atoms with Crippen LogP contribution in [0.1, 0.15) is 11.1 Å². The summed E-state index contributed by atoms with van der Waals surface area (Å²) in [6, 6.07) is 9.29. The number of carbonyl (C=O) groups is 1. The molecule has 0 atom stereocenters. The van der Waals surface area contributed by atoms with Crippen LogP contribution in [-0.2, 0) is 4.79 Å². The largest absolute Gasteiger partial charge is 0.493 e. The average Bonchev–Trinajstić information content (AvgIpc) is 3.15. The molecule has 0 spiro atoms. The number of ether oxygens (including phenoxy) is 2. The topological polar surface area (TPSA) is 54.9 Å². The van der Waals surface area contributed by atoms with Crippen molar-refractivity contribution in [1.82, 2.24) is 9.88 Å². The summed E-state index contributed by atoms with van der Waals surface area (Å²) in [4.78, 5) is 21.6. The van der Waals surface area contributed by atoms with Crippen molar-refractivity contribution in [3.8, 4) is 11.5 Å². The molecule has 0 saturated heterocycles. The highest BCUT2D eigenvalue weighted by molar-refractivity contribution is 7.22. The molecule has 3 aromatic rings. The summed E-state index contributed by atoms with van der Waals surface area (Å²) in [5.74, 6) is 1.11. The van der Waals surface area contributed by atoms with Crippen molar-refractivity contribution in [2.75, 3.05) is 46.3 Å². The minimum Gasteiger partial charge on any atom is -0.493 e. The van der Waals surface area contributed by atoms with Gasteiger partial charge in [-0.3, -0.25) is 9.69 Å². The van der Waals surface area contributed by atoms with E-state index in [1.807, 2.05) is 56.3 Å². The Bertz CT molecular complexity index is 1120. The molecule has 0 aliphatic heterocycles. The molecule has 0 saturated carbocycles. The van der Waals surface area contributed by atoms with Crippen molar-refractivity contribution in [1.29, 1.82) is 0 Å². The summed E-state index contributed by atoms with van der Waals surface area (Å²) in [6.07, 6.45) is 3.32. The van der Waals surface area contributed by atoms with Crippen LogP contribution in [0.25, 0.3) is 16.3 Å². The van der Waals surface area contributed by atoms with Gasteiger partial charge in [-0.2, -0.15) is 0 Å². The summed E-state index contributed by atoms with van der Waals surface area (Å²) in [5.41, 5.74) is 2.70. The van der Waals surface area contributed by atoms with Crippen molar-refractivity contribution in [2.24, 2.45) is 0 Å². The number of likely N-dealkylation sites (N-methyl/N-ethyl adjacent to an activating group) is 1. The fraction of sp³-hybridized carbons (Fsp3) is 0.304. The van der Waals surface area contributed by atoms with Gasteiger partial charge in [-0.1, -0.05) is 29.0 Å². The second-order valence-electron chi connectivity index (χ2n) is 7.31. The van der Waals surface area contributed by atoms with E-state index >= 15 is 0 Å². The molecular weight excluding hydrogens is 469 g/mol. The fourth-order valence-electron chi connectivity index (χ4n) is 3.07. The number of rotatable bonds is 8. The molecule has 1 aromatic heterocycles. The van der Waals surface area contributed by atoms with E-state index < -0.39 is 0 Å². The molecule has 172 valence electrons. The third-order valence-corrected chi connectivity index (χ3v) is 5.98. The Morgan fingerprint density at radius 2 is 1.84 bits per heavy atom. The Balaban J connectivity index is 0.00000363. The van der Waals surface area contributed by atoms with Gasteiger partial charge in [0.25, 0.3) is 5.91 Å². The molecule has 1 amide bonds. The zero-order valence-corrected chi connectivity index (χ0v) is 21.1. The number of amides is 1. The lowest BCUT2D eigenvalue weighted by molar-refractivity contribution is -0.114. The highest BCUT2D eigenvalue weighted by atomic mass is 35.5. The lowest BCUT2D eigenvalue weighted by Gasteiger charge is -2.20. The number of hydrogen-bond donors (Lipinski definition) is 0. The molecular formula is C23H27Cl2N3O3S. The number of thiazole rings is 1. The van der Waals surface area contributed by atoms with Crippen molar-refractivity contribution in [3.05, 3.63) is 52.6 Å². The molecule has 1 heterocycles. The van der Waals surface area contributed by atoms with Crippen LogP contribution in [0, 0.1) is 6.92 Å². The van der Waals surface area contributed by atoms with Crippen molar-refractivity contribution in [2.45, 2.75) is 6.92 Å². The highest BCUT2D eigenvalue weighted by Crippen LogP contribution is 2.33. The van der Waals surface area contributed by atoms with Gasteiger partial charge in [-0.25, -0.2) is 4.98 Å². The van der Waals surface area contributed by atoms with Crippen LogP contribution in [-0.4, -0.2) is 57.2 Å². The first-order valence-electron chi connectivity index (χ1n) is 9.75. The molecule has 0 fully saturated rings. The molecule has 0 unspecified atom stereocenters. The Morgan fingerprint density at radius 3 is 2.50 bits per heavy atom. The summed E-state index contributed by atoms with van der Waals surface area (Å²) in [7, 11) is 7.13. The molecule has 6 nitrogen and oxygen atoms in total. The number of halogens is 2. The first kappa shape index (κ1) is 25.9. The van der Waals surface area contributed by atoms with Gasteiger partial charge in [-0.15, -0.1) is 12.4 Å². The third kappa shape index (κ3) is 6.13. The Hall–Kier alpha value is -2.32. The average molecular weight is 496 g/mol. The monoisotopic (exact) mass is 495 g/mol. The summed E-state index contributed by atoms with van der Waals surface area (Å²) < 4.78 is 11.6. The van der Waals surface area contributed by atoms with E-state index in [2.05, 4.69) is 0 Å². The molecule has 0 aliphatic carbocycles. The van der Waals surface area contributed by atoms with Crippen LogP contribution < -0.4 is 14.4 Å². The van der Waals surface area contributed by atoms with Crippen LogP contribution in [0.15, 0.2) is 36.4 Å². The molecule has 0 radical (unpaired) electrons. The van der Waals surface area contributed by atoms with Crippen molar-refractivity contribution >= 4 is 62.7 Å².